The molecule has 3 rings (SSSR count). The van der Waals surface area contributed by atoms with Gasteiger partial charge in [0.05, 0.1) is 15.7 Å². The highest BCUT2D eigenvalue weighted by atomic mass is 35.5. The fourth-order valence-corrected chi connectivity index (χ4v) is 3.12. The van der Waals surface area contributed by atoms with E-state index < -0.39 is 0 Å². The second-order valence-electron chi connectivity index (χ2n) is 4.67. The normalized spacial score (nSPS) is 10.8. The Balaban J connectivity index is 1.84. The number of aromatic nitrogens is 1. The molecule has 0 atom stereocenters. The van der Waals surface area contributed by atoms with E-state index in [2.05, 4.69) is 4.98 Å². The molecular formula is C16H12ClFN2S. The zero-order chi connectivity index (χ0) is 14.8. The van der Waals surface area contributed by atoms with Crippen molar-refractivity contribution in [3.63, 3.8) is 0 Å². The van der Waals surface area contributed by atoms with Crippen LogP contribution in [0, 0.1) is 5.82 Å². The Morgan fingerprint density at radius 2 is 1.90 bits per heavy atom. The molecular weight excluding hydrogens is 307 g/mol. The summed E-state index contributed by atoms with van der Waals surface area (Å²) in [4.78, 5) is 4.57. The lowest BCUT2D eigenvalue weighted by Crippen LogP contribution is -1.90. The van der Waals surface area contributed by atoms with Crippen LogP contribution < -0.4 is 5.73 Å². The van der Waals surface area contributed by atoms with Crippen molar-refractivity contribution in [2.45, 2.75) is 6.42 Å². The molecule has 0 amide bonds. The number of benzene rings is 2. The zero-order valence-corrected chi connectivity index (χ0v) is 12.6. The van der Waals surface area contributed by atoms with Crippen LogP contribution in [-0.4, -0.2) is 4.98 Å². The van der Waals surface area contributed by atoms with Crippen molar-refractivity contribution >= 4 is 28.6 Å². The molecule has 0 fully saturated rings. The molecule has 5 heteroatoms. The van der Waals surface area contributed by atoms with Gasteiger partial charge in [-0.15, -0.1) is 11.3 Å². The van der Waals surface area contributed by atoms with E-state index in [1.54, 1.807) is 17.4 Å². The van der Waals surface area contributed by atoms with E-state index in [9.17, 15) is 4.39 Å². The Labute approximate surface area is 131 Å². The number of anilines is 1. The van der Waals surface area contributed by atoms with Gasteiger partial charge in [0.15, 0.2) is 0 Å². The van der Waals surface area contributed by atoms with Gasteiger partial charge >= 0.3 is 0 Å². The fraction of sp³-hybridized carbons (Fsp3) is 0.0625. The van der Waals surface area contributed by atoms with Crippen molar-refractivity contribution in [2.75, 3.05) is 5.73 Å². The van der Waals surface area contributed by atoms with E-state index in [-0.39, 0.29) is 5.82 Å². The number of thiazole rings is 1. The van der Waals surface area contributed by atoms with Crippen LogP contribution in [0.15, 0.2) is 47.8 Å². The molecule has 21 heavy (non-hydrogen) atoms. The number of nitrogens with two attached hydrogens (primary N) is 1. The summed E-state index contributed by atoms with van der Waals surface area (Å²) in [5.41, 5.74) is 9.09. The van der Waals surface area contributed by atoms with Gasteiger partial charge in [0.25, 0.3) is 0 Å². The minimum absolute atomic E-state index is 0.346. The summed E-state index contributed by atoms with van der Waals surface area (Å²) in [5, 5.41) is 3.29. The first-order chi connectivity index (χ1) is 10.1. The molecule has 0 radical (unpaired) electrons. The third-order valence-electron chi connectivity index (χ3n) is 3.09. The van der Waals surface area contributed by atoms with Crippen LogP contribution in [-0.2, 0) is 6.42 Å². The molecule has 0 saturated carbocycles. The van der Waals surface area contributed by atoms with Gasteiger partial charge < -0.3 is 5.73 Å². The Hall–Kier alpha value is -1.91. The van der Waals surface area contributed by atoms with Crippen LogP contribution in [0.4, 0.5) is 10.1 Å². The van der Waals surface area contributed by atoms with E-state index in [0.29, 0.717) is 5.02 Å². The summed E-state index contributed by atoms with van der Waals surface area (Å²) >= 11 is 7.62. The predicted octanol–water partition coefficient (Wildman–Crippen LogP) is 4.78. The lowest BCUT2D eigenvalue weighted by molar-refractivity contribution is 0.628. The molecule has 2 N–H and O–H groups in total. The molecule has 2 nitrogen and oxygen atoms in total. The van der Waals surface area contributed by atoms with Gasteiger partial charge in [0.1, 0.15) is 5.82 Å². The van der Waals surface area contributed by atoms with E-state index in [1.807, 2.05) is 29.6 Å². The average molecular weight is 319 g/mol. The molecule has 0 aliphatic rings. The number of hydrogen-bond acceptors (Lipinski definition) is 3. The van der Waals surface area contributed by atoms with Crippen molar-refractivity contribution in [3.8, 4) is 11.3 Å². The van der Waals surface area contributed by atoms with Crippen LogP contribution in [0.3, 0.4) is 0 Å². The van der Waals surface area contributed by atoms with Crippen LogP contribution in [0.2, 0.25) is 5.02 Å². The van der Waals surface area contributed by atoms with Crippen molar-refractivity contribution in [2.24, 2.45) is 0 Å². The Morgan fingerprint density at radius 3 is 2.62 bits per heavy atom. The maximum Gasteiger partial charge on any atom is 0.124 e. The molecule has 0 bridgehead atoms. The number of nitrogen functional groups attached to an aromatic ring is 1. The highest BCUT2D eigenvalue weighted by Gasteiger charge is 2.09. The lowest BCUT2D eigenvalue weighted by atomic mass is 10.1. The van der Waals surface area contributed by atoms with Gasteiger partial charge in [-0.3, -0.25) is 0 Å². The van der Waals surface area contributed by atoms with Crippen molar-refractivity contribution in [3.05, 3.63) is 69.3 Å². The van der Waals surface area contributed by atoms with Gasteiger partial charge in [-0.05, 0) is 35.9 Å². The molecule has 106 valence electrons. The summed E-state index contributed by atoms with van der Waals surface area (Å²) in [6.07, 6.45) is 0.740. The standard InChI is InChI=1S/C16H12ClFN2S/c17-14-8-11(18)3-6-13(14)15-9-21-16(20-15)7-10-1-4-12(19)5-2-10/h1-6,8-9H,7,19H2. The molecule has 0 unspecified atom stereocenters. The van der Waals surface area contributed by atoms with E-state index in [1.165, 1.54) is 12.1 Å². The Kier molecular flexibility index (Phi) is 3.90. The van der Waals surface area contributed by atoms with Gasteiger partial charge in [0.2, 0.25) is 0 Å². The molecule has 1 aromatic heterocycles. The highest BCUT2D eigenvalue weighted by molar-refractivity contribution is 7.10. The molecule has 0 saturated heterocycles. The molecule has 0 aliphatic heterocycles. The van der Waals surface area contributed by atoms with E-state index in [4.69, 9.17) is 17.3 Å². The van der Waals surface area contributed by atoms with Crippen molar-refractivity contribution < 1.29 is 4.39 Å². The SMILES string of the molecule is Nc1ccc(Cc2nc(-c3ccc(F)cc3Cl)cs2)cc1. The van der Waals surface area contributed by atoms with Crippen LogP contribution in [0.1, 0.15) is 10.6 Å². The monoisotopic (exact) mass is 318 g/mol. The lowest BCUT2D eigenvalue weighted by Gasteiger charge is -2.01. The van der Waals surface area contributed by atoms with E-state index >= 15 is 0 Å². The average Bonchev–Trinajstić information content (AvgIpc) is 2.90. The largest absolute Gasteiger partial charge is 0.399 e. The minimum Gasteiger partial charge on any atom is -0.399 e. The second-order valence-corrected chi connectivity index (χ2v) is 6.02. The number of hydrogen-bond donors (Lipinski definition) is 1. The fourth-order valence-electron chi connectivity index (χ4n) is 2.02. The number of nitrogens with zero attached hydrogens (tertiary/aromatic N) is 1. The van der Waals surface area contributed by atoms with Gasteiger partial charge in [-0.2, -0.15) is 0 Å². The summed E-state index contributed by atoms with van der Waals surface area (Å²) in [5.74, 6) is -0.346. The first-order valence-electron chi connectivity index (χ1n) is 6.36. The van der Waals surface area contributed by atoms with Gasteiger partial charge in [-0.1, -0.05) is 23.7 Å². The molecule has 3 aromatic rings. The Morgan fingerprint density at radius 1 is 1.14 bits per heavy atom. The Bertz CT molecular complexity index is 768. The summed E-state index contributed by atoms with van der Waals surface area (Å²) in [6.45, 7) is 0. The maximum absolute atomic E-state index is 13.1. The van der Waals surface area contributed by atoms with Crippen molar-refractivity contribution in [1.29, 1.82) is 0 Å². The van der Waals surface area contributed by atoms with Crippen LogP contribution in [0.25, 0.3) is 11.3 Å². The maximum atomic E-state index is 13.1. The molecule has 1 heterocycles. The topological polar surface area (TPSA) is 38.9 Å². The minimum atomic E-state index is -0.346. The van der Waals surface area contributed by atoms with Gasteiger partial charge in [-0.25, -0.2) is 9.37 Å². The molecule has 0 aliphatic carbocycles. The highest BCUT2D eigenvalue weighted by Crippen LogP contribution is 2.30. The summed E-state index contributed by atoms with van der Waals surface area (Å²) < 4.78 is 13.1. The van der Waals surface area contributed by atoms with Crippen LogP contribution >= 0.6 is 22.9 Å². The smallest absolute Gasteiger partial charge is 0.124 e. The van der Waals surface area contributed by atoms with Crippen molar-refractivity contribution in [1.82, 2.24) is 4.98 Å². The van der Waals surface area contributed by atoms with Crippen LogP contribution in [0.5, 0.6) is 0 Å². The number of halogens is 2. The summed E-state index contributed by atoms with van der Waals surface area (Å²) in [7, 11) is 0. The second kappa shape index (κ2) is 5.84. The summed E-state index contributed by atoms with van der Waals surface area (Å²) in [6, 6.07) is 12.1. The first kappa shape index (κ1) is 14.0. The molecule has 0 spiro atoms. The molecule has 2 aromatic carbocycles. The predicted molar refractivity (Wildman–Crippen MR) is 86.2 cm³/mol. The zero-order valence-electron chi connectivity index (χ0n) is 11.0. The van der Waals surface area contributed by atoms with E-state index in [0.717, 1.165) is 33.9 Å². The third kappa shape index (κ3) is 3.23. The first-order valence-corrected chi connectivity index (χ1v) is 7.62. The van der Waals surface area contributed by atoms with Gasteiger partial charge in [0, 0.05) is 23.1 Å². The quantitative estimate of drug-likeness (QED) is 0.706. The number of rotatable bonds is 3. The third-order valence-corrected chi connectivity index (χ3v) is 4.26.